The van der Waals surface area contributed by atoms with E-state index in [-0.39, 0.29) is 28.8 Å². The fourth-order valence-electron chi connectivity index (χ4n) is 2.27. The number of hydrogen-bond acceptors (Lipinski definition) is 5. The zero-order chi connectivity index (χ0) is 12.5. The summed E-state index contributed by atoms with van der Waals surface area (Å²) in [7, 11) is -1.81. The number of ether oxygens (including phenoxy) is 2. The Morgan fingerprint density at radius 1 is 1.47 bits per heavy atom. The molecule has 0 bridgehead atoms. The Kier molecular flexibility index (Phi) is 3.45. The van der Waals surface area contributed by atoms with Gasteiger partial charge >= 0.3 is 5.97 Å². The molecule has 2 rings (SSSR count). The first-order chi connectivity index (χ1) is 7.97. The maximum Gasteiger partial charge on any atom is 0.306 e. The summed E-state index contributed by atoms with van der Waals surface area (Å²) in [5.74, 6) is -0.219. The van der Waals surface area contributed by atoms with Crippen LogP contribution in [0.2, 0.25) is 0 Å². The van der Waals surface area contributed by atoms with Crippen molar-refractivity contribution < 1.29 is 22.7 Å². The third kappa shape index (κ3) is 2.98. The quantitative estimate of drug-likeness (QED) is 0.676. The van der Waals surface area contributed by atoms with Gasteiger partial charge in [-0.25, -0.2) is 8.42 Å². The molecule has 1 aliphatic heterocycles. The van der Waals surface area contributed by atoms with Gasteiger partial charge in [0.25, 0.3) is 0 Å². The minimum Gasteiger partial charge on any atom is -0.469 e. The second-order valence-corrected chi connectivity index (χ2v) is 7.33. The lowest BCUT2D eigenvalue weighted by atomic mass is 10.1. The largest absolute Gasteiger partial charge is 0.469 e. The number of sulfone groups is 1. The van der Waals surface area contributed by atoms with Crippen LogP contribution in [0.3, 0.4) is 0 Å². The number of rotatable bonds is 5. The Bertz CT molecular complexity index is 390. The zero-order valence-electron chi connectivity index (χ0n) is 9.98. The first-order valence-electron chi connectivity index (χ1n) is 5.84. The highest BCUT2D eigenvalue weighted by molar-refractivity contribution is 7.92. The summed E-state index contributed by atoms with van der Waals surface area (Å²) in [5.41, 5.74) is -0.353. The second-order valence-electron chi connectivity index (χ2n) is 5.05. The molecule has 2 fully saturated rings. The van der Waals surface area contributed by atoms with Crippen molar-refractivity contribution in [2.24, 2.45) is 5.41 Å². The molecule has 1 saturated carbocycles. The topological polar surface area (TPSA) is 69.7 Å². The van der Waals surface area contributed by atoms with Gasteiger partial charge < -0.3 is 9.47 Å². The number of carbonyl (C=O) groups is 1. The fraction of sp³-hybridized carbons (Fsp3) is 0.909. The van der Waals surface area contributed by atoms with Crippen molar-refractivity contribution in [3.63, 3.8) is 0 Å². The molecule has 98 valence electrons. The van der Waals surface area contributed by atoms with E-state index in [0.29, 0.717) is 19.6 Å². The van der Waals surface area contributed by atoms with Crippen LogP contribution in [-0.4, -0.2) is 45.7 Å². The lowest BCUT2D eigenvalue weighted by Gasteiger charge is -2.16. The minimum absolute atomic E-state index is 0.100. The minimum atomic E-state index is -3.14. The zero-order valence-corrected chi connectivity index (χ0v) is 10.8. The summed E-state index contributed by atoms with van der Waals surface area (Å²) in [6, 6.07) is 0. The van der Waals surface area contributed by atoms with E-state index in [1.165, 1.54) is 7.11 Å². The van der Waals surface area contributed by atoms with Gasteiger partial charge in [-0.3, -0.25) is 4.79 Å². The van der Waals surface area contributed by atoms with E-state index in [1.807, 2.05) is 0 Å². The molecule has 0 spiro atoms. The normalized spacial score (nSPS) is 26.8. The number of carbonyl (C=O) groups excluding carboxylic acids is 1. The molecule has 2 aliphatic rings. The average molecular weight is 262 g/mol. The van der Waals surface area contributed by atoms with Crippen LogP contribution in [0.4, 0.5) is 0 Å². The van der Waals surface area contributed by atoms with Crippen LogP contribution in [0.25, 0.3) is 0 Å². The lowest BCUT2D eigenvalue weighted by molar-refractivity contribution is -0.141. The first kappa shape index (κ1) is 12.8. The Morgan fingerprint density at radius 3 is 2.65 bits per heavy atom. The highest BCUT2D eigenvalue weighted by Crippen LogP contribution is 2.50. The molecular formula is C11H18O5S. The smallest absolute Gasteiger partial charge is 0.306 e. The summed E-state index contributed by atoms with van der Waals surface area (Å²) in [5, 5.41) is -0.377. The number of esters is 1. The van der Waals surface area contributed by atoms with Crippen molar-refractivity contribution in [2.45, 2.75) is 30.9 Å². The Morgan fingerprint density at radius 2 is 2.18 bits per heavy atom. The molecule has 1 aliphatic carbocycles. The van der Waals surface area contributed by atoms with E-state index in [9.17, 15) is 13.2 Å². The van der Waals surface area contributed by atoms with Crippen LogP contribution in [0.15, 0.2) is 0 Å². The van der Waals surface area contributed by atoms with E-state index in [2.05, 4.69) is 4.74 Å². The van der Waals surface area contributed by atoms with Crippen LogP contribution < -0.4 is 0 Å². The highest BCUT2D eigenvalue weighted by atomic mass is 32.2. The van der Waals surface area contributed by atoms with Crippen LogP contribution in [0.5, 0.6) is 0 Å². The van der Waals surface area contributed by atoms with Crippen molar-refractivity contribution in [1.82, 2.24) is 0 Å². The third-order valence-electron chi connectivity index (χ3n) is 3.61. The van der Waals surface area contributed by atoms with Gasteiger partial charge in [-0.2, -0.15) is 0 Å². The second kappa shape index (κ2) is 4.57. The lowest BCUT2D eigenvalue weighted by Crippen LogP contribution is -2.30. The number of methoxy groups -OCH3 is 1. The van der Waals surface area contributed by atoms with E-state index in [1.54, 1.807) is 0 Å². The third-order valence-corrected chi connectivity index (χ3v) is 6.01. The molecule has 17 heavy (non-hydrogen) atoms. The highest BCUT2D eigenvalue weighted by Gasteiger charge is 2.49. The van der Waals surface area contributed by atoms with Crippen LogP contribution in [-0.2, 0) is 24.1 Å². The molecular weight excluding hydrogens is 244 g/mol. The molecule has 1 saturated heterocycles. The molecule has 0 amide bonds. The maximum atomic E-state index is 12.1. The molecule has 1 heterocycles. The van der Waals surface area contributed by atoms with Crippen molar-refractivity contribution in [3.05, 3.63) is 0 Å². The molecule has 1 unspecified atom stereocenters. The van der Waals surface area contributed by atoms with Crippen molar-refractivity contribution in [2.75, 3.05) is 26.1 Å². The van der Waals surface area contributed by atoms with E-state index in [0.717, 1.165) is 12.8 Å². The monoisotopic (exact) mass is 262 g/mol. The van der Waals surface area contributed by atoms with Crippen molar-refractivity contribution >= 4 is 15.8 Å². The standard InChI is InChI=1S/C11H18O5S/c1-15-10(12)6-11(3-4-11)8-17(13,14)9-2-5-16-7-9/h9H,2-8H2,1H3. The number of hydrogen-bond donors (Lipinski definition) is 0. The summed E-state index contributed by atoms with van der Waals surface area (Å²) in [4.78, 5) is 11.2. The van der Waals surface area contributed by atoms with E-state index < -0.39 is 9.84 Å². The SMILES string of the molecule is COC(=O)CC1(CS(=O)(=O)C2CCOC2)CC1. The van der Waals surface area contributed by atoms with Crippen LogP contribution in [0.1, 0.15) is 25.7 Å². The molecule has 1 atom stereocenters. The average Bonchev–Trinajstić information content (AvgIpc) is 2.83. The molecule has 0 N–H and O–H groups in total. The Labute approximate surface area is 101 Å². The van der Waals surface area contributed by atoms with Crippen molar-refractivity contribution in [3.8, 4) is 0 Å². The van der Waals surface area contributed by atoms with Gasteiger partial charge in [-0.1, -0.05) is 0 Å². The van der Waals surface area contributed by atoms with E-state index >= 15 is 0 Å². The summed E-state index contributed by atoms with van der Waals surface area (Å²) in [6.45, 7) is 0.824. The van der Waals surface area contributed by atoms with Crippen LogP contribution in [0, 0.1) is 5.41 Å². The molecule has 0 aromatic rings. The van der Waals surface area contributed by atoms with Gasteiger partial charge in [0.05, 0.1) is 31.1 Å². The molecule has 0 radical (unpaired) electrons. The Hall–Kier alpha value is -0.620. The van der Waals surface area contributed by atoms with Crippen LogP contribution >= 0.6 is 0 Å². The fourth-order valence-corrected chi connectivity index (χ4v) is 4.51. The van der Waals surface area contributed by atoms with Gasteiger partial charge in [0.15, 0.2) is 9.84 Å². The summed E-state index contributed by atoms with van der Waals surface area (Å²) in [6.07, 6.45) is 2.40. The summed E-state index contributed by atoms with van der Waals surface area (Å²) >= 11 is 0. The predicted octanol–water partition coefficient (Wildman–Crippen LogP) is 0.533. The molecule has 0 aromatic carbocycles. The molecule has 5 nitrogen and oxygen atoms in total. The molecule has 0 aromatic heterocycles. The Balaban J connectivity index is 1.98. The van der Waals surface area contributed by atoms with Gasteiger partial charge in [0, 0.05) is 6.61 Å². The van der Waals surface area contributed by atoms with Gasteiger partial charge in [0.1, 0.15) is 0 Å². The first-order valence-corrected chi connectivity index (χ1v) is 7.55. The maximum absolute atomic E-state index is 12.1. The summed E-state index contributed by atoms with van der Waals surface area (Å²) < 4.78 is 34.0. The van der Waals surface area contributed by atoms with Gasteiger partial charge in [-0.15, -0.1) is 0 Å². The predicted molar refractivity (Wildman–Crippen MR) is 61.3 cm³/mol. The van der Waals surface area contributed by atoms with Crippen molar-refractivity contribution in [1.29, 1.82) is 0 Å². The molecule has 6 heteroatoms. The van der Waals surface area contributed by atoms with E-state index in [4.69, 9.17) is 4.74 Å². The van der Waals surface area contributed by atoms with Gasteiger partial charge in [0.2, 0.25) is 0 Å². The van der Waals surface area contributed by atoms with Gasteiger partial charge in [-0.05, 0) is 24.7 Å².